The number of carbonyl (C=O) groups is 1. The average molecular weight is 408 g/mol. The number of oxime groups is 1. The third-order valence-corrected chi connectivity index (χ3v) is 4.58. The molecule has 144 valence electrons. The first-order chi connectivity index (χ1) is 14.0. The van der Waals surface area contributed by atoms with Gasteiger partial charge in [-0.05, 0) is 61.0 Å². The number of nitrogens with zero attached hydrogens (tertiary/aromatic N) is 3. The lowest BCUT2D eigenvalue weighted by Gasteiger charge is -2.01. The average Bonchev–Trinajstić information content (AvgIpc) is 3.06. The minimum Gasteiger partial charge on any atom is -0.313 e. The van der Waals surface area contributed by atoms with Crippen LogP contribution in [0.15, 0.2) is 72.0 Å². The smallest absolute Gasteiger partial charge is 0.313 e. The molecular weight excluding hydrogens is 393 g/mol. The highest BCUT2D eigenvalue weighted by molar-refractivity contribution is 6.30. The minimum absolute atomic E-state index is 0.204. The van der Waals surface area contributed by atoms with Crippen LogP contribution in [0.3, 0.4) is 0 Å². The molecule has 0 fully saturated rings. The topological polar surface area (TPSA) is 56.0 Å². The summed E-state index contributed by atoms with van der Waals surface area (Å²) < 4.78 is 14.8. The molecule has 0 atom stereocenters. The standard InChI is InChI=1S/C22H15ClFN3O2/c1-14-10-11-27-19(13-25-29-22(28)16-4-8-18(24)9-5-16)21(26-20(27)12-14)15-2-6-17(23)7-3-15/h2-13H,1H3. The lowest BCUT2D eigenvalue weighted by atomic mass is 10.1. The van der Waals surface area contributed by atoms with Crippen LogP contribution >= 0.6 is 11.6 Å². The van der Waals surface area contributed by atoms with E-state index in [9.17, 15) is 9.18 Å². The van der Waals surface area contributed by atoms with Gasteiger partial charge in [0.25, 0.3) is 0 Å². The summed E-state index contributed by atoms with van der Waals surface area (Å²) in [5.41, 5.74) is 4.18. The zero-order chi connectivity index (χ0) is 20.4. The van der Waals surface area contributed by atoms with E-state index in [-0.39, 0.29) is 5.56 Å². The molecule has 0 aliphatic rings. The van der Waals surface area contributed by atoms with Gasteiger partial charge in [-0.15, -0.1) is 0 Å². The first-order valence-electron chi connectivity index (χ1n) is 8.76. The first-order valence-corrected chi connectivity index (χ1v) is 9.14. The van der Waals surface area contributed by atoms with Crippen LogP contribution in [0.25, 0.3) is 16.9 Å². The zero-order valence-corrected chi connectivity index (χ0v) is 16.1. The fourth-order valence-corrected chi connectivity index (χ4v) is 3.00. The van der Waals surface area contributed by atoms with Crippen molar-refractivity contribution in [2.45, 2.75) is 6.92 Å². The first kappa shape index (κ1) is 18.8. The molecule has 2 aromatic carbocycles. The summed E-state index contributed by atoms with van der Waals surface area (Å²) in [5.74, 6) is -1.11. The third kappa shape index (κ3) is 4.02. The van der Waals surface area contributed by atoms with E-state index in [1.165, 1.54) is 30.5 Å². The molecule has 0 saturated heterocycles. The number of fused-ring (bicyclic) bond motifs is 1. The quantitative estimate of drug-likeness (QED) is 0.262. The molecule has 0 amide bonds. The highest BCUT2D eigenvalue weighted by atomic mass is 35.5. The lowest BCUT2D eigenvalue weighted by molar-refractivity contribution is 0.0519. The normalized spacial score (nSPS) is 11.3. The number of imidazole rings is 1. The van der Waals surface area contributed by atoms with Gasteiger partial charge < -0.3 is 4.84 Å². The van der Waals surface area contributed by atoms with Crippen molar-refractivity contribution in [1.29, 1.82) is 0 Å². The van der Waals surface area contributed by atoms with Crippen molar-refractivity contribution in [3.8, 4) is 11.3 Å². The van der Waals surface area contributed by atoms with Crippen LogP contribution in [0.1, 0.15) is 21.6 Å². The van der Waals surface area contributed by atoms with Crippen LogP contribution in [0.5, 0.6) is 0 Å². The molecule has 7 heteroatoms. The largest absolute Gasteiger partial charge is 0.365 e. The second kappa shape index (κ2) is 7.85. The molecule has 0 bridgehead atoms. The van der Waals surface area contributed by atoms with Gasteiger partial charge in [-0.3, -0.25) is 4.40 Å². The number of carbonyl (C=O) groups excluding carboxylic acids is 1. The maximum Gasteiger partial charge on any atom is 0.365 e. The Morgan fingerprint density at radius 3 is 2.59 bits per heavy atom. The van der Waals surface area contributed by atoms with Gasteiger partial charge in [0, 0.05) is 16.8 Å². The molecule has 5 nitrogen and oxygen atoms in total. The fourth-order valence-electron chi connectivity index (χ4n) is 2.87. The Morgan fingerprint density at radius 2 is 1.86 bits per heavy atom. The van der Waals surface area contributed by atoms with E-state index in [0.717, 1.165) is 16.8 Å². The number of benzene rings is 2. The summed E-state index contributed by atoms with van der Waals surface area (Å²) in [5, 5.41) is 4.46. The van der Waals surface area contributed by atoms with E-state index < -0.39 is 11.8 Å². The molecule has 29 heavy (non-hydrogen) atoms. The maximum absolute atomic E-state index is 13.0. The van der Waals surface area contributed by atoms with Crippen molar-refractivity contribution >= 4 is 29.4 Å². The summed E-state index contributed by atoms with van der Waals surface area (Å²) >= 11 is 5.99. The molecule has 2 heterocycles. The van der Waals surface area contributed by atoms with E-state index >= 15 is 0 Å². The minimum atomic E-state index is -0.682. The van der Waals surface area contributed by atoms with Gasteiger partial charge >= 0.3 is 5.97 Å². The molecule has 4 aromatic rings. The number of hydrogen-bond acceptors (Lipinski definition) is 4. The van der Waals surface area contributed by atoms with Crippen LogP contribution in [0.2, 0.25) is 5.02 Å². The molecular formula is C22H15ClFN3O2. The van der Waals surface area contributed by atoms with Gasteiger partial charge in [-0.1, -0.05) is 28.9 Å². The van der Waals surface area contributed by atoms with Gasteiger partial charge in [0.05, 0.1) is 23.2 Å². The highest BCUT2D eigenvalue weighted by Crippen LogP contribution is 2.25. The number of pyridine rings is 1. The lowest BCUT2D eigenvalue weighted by Crippen LogP contribution is -2.02. The molecule has 0 aliphatic heterocycles. The highest BCUT2D eigenvalue weighted by Gasteiger charge is 2.14. The van der Waals surface area contributed by atoms with Crippen LogP contribution < -0.4 is 0 Å². The third-order valence-electron chi connectivity index (χ3n) is 4.33. The Labute approximate surface area is 171 Å². The van der Waals surface area contributed by atoms with E-state index in [2.05, 4.69) is 10.1 Å². The number of hydrogen-bond donors (Lipinski definition) is 0. The van der Waals surface area contributed by atoms with Gasteiger partial charge in [0.2, 0.25) is 0 Å². The number of aromatic nitrogens is 2. The van der Waals surface area contributed by atoms with E-state index in [4.69, 9.17) is 16.4 Å². The van der Waals surface area contributed by atoms with Crippen LogP contribution in [-0.2, 0) is 4.84 Å². The SMILES string of the molecule is Cc1ccn2c(C=NOC(=O)c3ccc(F)cc3)c(-c3ccc(Cl)cc3)nc2c1. The second-order valence-electron chi connectivity index (χ2n) is 6.40. The number of aryl methyl sites for hydroxylation is 1. The monoisotopic (exact) mass is 407 g/mol. The number of rotatable bonds is 4. The van der Waals surface area contributed by atoms with Gasteiger partial charge in [0.15, 0.2) is 0 Å². The summed E-state index contributed by atoms with van der Waals surface area (Å²) in [7, 11) is 0. The Balaban J connectivity index is 1.68. The van der Waals surface area contributed by atoms with Crippen molar-refractivity contribution < 1.29 is 14.0 Å². The van der Waals surface area contributed by atoms with Crippen molar-refractivity contribution in [2.24, 2.45) is 5.16 Å². The fraction of sp³-hybridized carbons (Fsp3) is 0.0455. The molecule has 0 spiro atoms. The summed E-state index contributed by atoms with van der Waals surface area (Å²) in [6.45, 7) is 1.98. The molecule has 0 aliphatic carbocycles. The second-order valence-corrected chi connectivity index (χ2v) is 6.84. The van der Waals surface area contributed by atoms with Crippen LogP contribution in [0.4, 0.5) is 4.39 Å². The van der Waals surface area contributed by atoms with Crippen LogP contribution in [-0.4, -0.2) is 21.6 Å². The summed E-state index contributed by atoms with van der Waals surface area (Å²) in [6, 6.07) is 16.2. The van der Waals surface area contributed by atoms with E-state index in [1.54, 1.807) is 12.1 Å². The van der Waals surface area contributed by atoms with Gasteiger partial charge in [0.1, 0.15) is 11.5 Å². The molecule has 0 radical (unpaired) electrons. The van der Waals surface area contributed by atoms with Crippen LogP contribution in [0, 0.1) is 12.7 Å². The van der Waals surface area contributed by atoms with Crippen molar-refractivity contribution in [3.63, 3.8) is 0 Å². The Bertz CT molecular complexity index is 1220. The van der Waals surface area contributed by atoms with Gasteiger partial charge in [-0.25, -0.2) is 14.2 Å². The van der Waals surface area contributed by atoms with E-state index in [1.807, 2.05) is 41.8 Å². The van der Waals surface area contributed by atoms with Crippen molar-refractivity contribution in [2.75, 3.05) is 0 Å². The van der Waals surface area contributed by atoms with Crippen molar-refractivity contribution in [1.82, 2.24) is 9.38 Å². The molecule has 0 unspecified atom stereocenters. The number of halogens is 2. The predicted molar refractivity (Wildman–Crippen MR) is 110 cm³/mol. The predicted octanol–water partition coefficient (Wildman–Crippen LogP) is 5.29. The molecule has 0 N–H and O–H groups in total. The maximum atomic E-state index is 13.0. The Morgan fingerprint density at radius 1 is 1.14 bits per heavy atom. The van der Waals surface area contributed by atoms with Crippen molar-refractivity contribution in [3.05, 3.63) is 94.5 Å². The summed E-state index contributed by atoms with van der Waals surface area (Å²) in [4.78, 5) is 21.7. The molecule has 0 saturated carbocycles. The Hall–Kier alpha value is -3.51. The van der Waals surface area contributed by atoms with Gasteiger partial charge in [-0.2, -0.15) is 0 Å². The summed E-state index contributed by atoms with van der Waals surface area (Å²) in [6.07, 6.45) is 3.31. The zero-order valence-electron chi connectivity index (χ0n) is 15.3. The molecule has 2 aromatic heterocycles. The Kier molecular flexibility index (Phi) is 5.10. The van der Waals surface area contributed by atoms with E-state index in [0.29, 0.717) is 16.4 Å². The molecule has 4 rings (SSSR count).